The molecule has 0 radical (unpaired) electrons. The minimum Gasteiger partial charge on any atom is -0.356 e. The molecule has 0 saturated carbocycles. The van der Waals surface area contributed by atoms with Crippen molar-refractivity contribution in [3.63, 3.8) is 0 Å². The number of hydrogen-bond acceptors (Lipinski definition) is 3. The molecule has 0 spiro atoms. The van der Waals surface area contributed by atoms with E-state index in [4.69, 9.17) is 15.3 Å². The molecule has 0 aliphatic rings. The molecular weight excluding hydrogens is 242 g/mol. The molecule has 0 N–H and O–H groups in total. The Labute approximate surface area is 82.5 Å². The molecule has 0 aliphatic heterocycles. The molecule has 0 unspecified atom stereocenters. The molecular formula is C6H12AgNO3. The van der Waals surface area contributed by atoms with Crippen molar-refractivity contribution in [2.75, 3.05) is 0 Å². The topological polar surface area (TPSA) is 66.2 Å². The van der Waals surface area contributed by atoms with Gasteiger partial charge in [0, 0.05) is 0 Å². The summed E-state index contributed by atoms with van der Waals surface area (Å²) >= 11 is 0. The summed E-state index contributed by atoms with van der Waals surface area (Å²) in [6.45, 7) is 18.0. The van der Waals surface area contributed by atoms with E-state index in [1.54, 1.807) is 0 Å². The van der Waals surface area contributed by atoms with Crippen LogP contribution >= 0.6 is 0 Å². The summed E-state index contributed by atoms with van der Waals surface area (Å²) in [5, 5.41) is 14.8. The van der Waals surface area contributed by atoms with Crippen molar-refractivity contribution in [3.8, 4) is 0 Å². The Morgan fingerprint density at radius 3 is 0.818 bits per heavy atom. The van der Waals surface area contributed by atoms with Crippen LogP contribution in [0.1, 0.15) is 0 Å². The Morgan fingerprint density at radius 1 is 0.818 bits per heavy atom. The van der Waals surface area contributed by atoms with Crippen LogP contribution in [0, 0.1) is 15.3 Å². The van der Waals surface area contributed by atoms with Gasteiger partial charge in [-0.2, -0.15) is 0 Å². The van der Waals surface area contributed by atoms with Crippen molar-refractivity contribution < 1.29 is 27.5 Å². The van der Waals surface area contributed by atoms with Gasteiger partial charge in [0.2, 0.25) is 0 Å². The Kier molecular flexibility index (Phi) is 380. The summed E-state index contributed by atoms with van der Waals surface area (Å²) in [6, 6.07) is 0. The Hall–Kier alpha value is -0.840. The third kappa shape index (κ3) is 666. The second-order valence-electron chi connectivity index (χ2n) is 0.224. The standard InChI is InChI=1S/3C2H4.Ag.NO3/c3*1-2;;2-1(3)4/h3*1-2H2;;/q;;;+1;-1. The maximum absolute atomic E-state index is 8.25. The summed E-state index contributed by atoms with van der Waals surface area (Å²) in [5.74, 6) is 0. The summed E-state index contributed by atoms with van der Waals surface area (Å²) in [4.78, 5) is 8.25. The minimum absolute atomic E-state index is 0. The van der Waals surface area contributed by atoms with Crippen LogP contribution in [0.5, 0.6) is 0 Å². The van der Waals surface area contributed by atoms with Gasteiger partial charge >= 0.3 is 22.4 Å². The van der Waals surface area contributed by atoms with Crippen LogP contribution < -0.4 is 0 Å². The monoisotopic (exact) mass is 253 g/mol. The van der Waals surface area contributed by atoms with Crippen molar-refractivity contribution in [2.24, 2.45) is 0 Å². The third-order valence-electron chi connectivity index (χ3n) is 0. The fourth-order valence-corrected chi connectivity index (χ4v) is 0. The first-order valence-corrected chi connectivity index (χ1v) is 2.05. The second-order valence-corrected chi connectivity index (χ2v) is 0.224. The average Bonchev–Trinajstić information content (AvgIpc) is 1.98. The molecule has 4 nitrogen and oxygen atoms in total. The zero-order valence-electron chi connectivity index (χ0n) is 6.22. The van der Waals surface area contributed by atoms with E-state index in [1.165, 1.54) is 0 Å². The van der Waals surface area contributed by atoms with Crippen LogP contribution in [0.25, 0.3) is 0 Å². The van der Waals surface area contributed by atoms with E-state index >= 15 is 0 Å². The number of hydrogen-bond donors (Lipinski definition) is 0. The first-order valence-electron chi connectivity index (χ1n) is 2.05. The van der Waals surface area contributed by atoms with E-state index in [1.807, 2.05) is 0 Å². The number of nitrogens with zero attached hydrogens (tertiary/aromatic N) is 1. The van der Waals surface area contributed by atoms with Gasteiger partial charge in [0.1, 0.15) is 0 Å². The minimum atomic E-state index is -1.75. The molecule has 0 bridgehead atoms. The van der Waals surface area contributed by atoms with E-state index in [9.17, 15) is 0 Å². The molecule has 0 saturated heterocycles. The van der Waals surface area contributed by atoms with Crippen molar-refractivity contribution in [1.82, 2.24) is 0 Å². The molecule has 0 rings (SSSR count). The van der Waals surface area contributed by atoms with Crippen molar-refractivity contribution in [1.29, 1.82) is 0 Å². The van der Waals surface area contributed by atoms with E-state index in [2.05, 4.69) is 39.5 Å². The first kappa shape index (κ1) is 32.0. The zero-order chi connectivity index (χ0) is 9.58. The van der Waals surface area contributed by atoms with E-state index < -0.39 is 5.09 Å². The largest absolute Gasteiger partial charge is 1.00 e. The van der Waals surface area contributed by atoms with Crippen LogP contribution in [-0.2, 0) is 22.4 Å². The Morgan fingerprint density at radius 2 is 0.818 bits per heavy atom. The summed E-state index contributed by atoms with van der Waals surface area (Å²) < 4.78 is 0. The van der Waals surface area contributed by atoms with Crippen molar-refractivity contribution in [2.45, 2.75) is 0 Å². The first-order chi connectivity index (χ1) is 4.73. The molecule has 0 aliphatic carbocycles. The Bertz CT molecular complexity index is 62.1. The van der Waals surface area contributed by atoms with E-state index in [-0.39, 0.29) is 22.4 Å². The van der Waals surface area contributed by atoms with Gasteiger partial charge in [-0.3, -0.25) is 0 Å². The summed E-state index contributed by atoms with van der Waals surface area (Å²) in [5.41, 5.74) is 0. The van der Waals surface area contributed by atoms with Gasteiger partial charge in [0.05, 0.1) is 5.09 Å². The van der Waals surface area contributed by atoms with Gasteiger partial charge in [0.25, 0.3) is 0 Å². The normalized spacial score (nSPS) is 3.27. The predicted molar refractivity (Wildman–Crippen MR) is 44.1 cm³/mol. The molecule has 5 heteroatoms. The van der Waals surface area contributed by atoms with Crippen molar-refractivity contribution >= 4 is 0 Å². The molecule has 0 atom stereocenters. The summed E-state index contributed by atoms with van der Waals surface area (Å²) in [7, 11) is 0. The van der Waals surface area contributed by atoms with E-state index in [0.29, 0.717) is 0 Å². The predicted octanol–water partition coefficient (Wildman–Crippen LogP) is 2.17. The number of rotatable bonds is 0. The van der Waals surface area contributed by atoms with Gasteiger partial charge in [-0.15, -0.1) is 39.5 Å². The van der Waals surface area contributed by atoms with Crippen LogP contribution in [-0.4, -0.2) is 5.09 Å². The molecule has 0 heterocycles. The van der Waals surface area contributed by atoms with Crippen LogP contribution in [0.2, 0.25) is 0 Å². The zero-order valence-corrected chi connectivity index (χ0v) is 7.70. The molecule has 0 fully saturated rings. The summed E-state index contributed by atoms with van der Waals surface area (Å²) in [6.07, 6.45) is 0. The molecule has 0 aromatic heterocycles. The Balaban J connectivity index is -0.0000000152. The van der Waals surface area contributed by atoms with Crippen molar-refractivity contribution in [3.05, 3.63) is 54.8 Å². The van der Waals surface area contributed by atoms with Crippen LogP contribution in [0.15, 0.2) is 39.5 Å². The fourth-order valence-electron chi connectivity index (χ4n) is 0. The second kappa shape index (κ2) is 131. The maximum atomic E-state index is 8.25. The molecule has 0 aromatic carbocycles. The molecule has 0 aromatic rings. The van der Waals surface area contributed by atoms with Gasteiger partial charge in [-0.05, 0) is 0 Å². The molecule has 0 amide bonds. The van der Waals surface area contributed by atoms with Crippen LogP contribution in [0.4, 0.5) is 0 Å². The molecule has 70 valence electrons. The molecule has 11 heavy (non-hydrogen) atoms. The van der Waals surface area contributed by atoms with Gasteiger partial charge in [-0.1, -0.05) is 0 Å². The SMILES string of the molecule is C=C.C=C.C=C.O=[N+]([O-])[O-].[Ag+]. The smallest absolute Gasteiger partial charge is 0.356 e. The van der Waals surface area contributed by atoms with Gasteiger partial charge in [0.15, 0.2) is 0 Å². The van der Waals surface area contributed by atoms with Gasteiger partial charge in [-0.25, -0.2) is 0 Å². The fraction of sp³-hybridized carbons (Fsp3) is 0. The van der Waals surface area contributed by atoms with Crippen LogP contribution in [0.3, 0.4) is 0 Å². The average molecular weight is 254 g/mol. The third-order valence-corrected chi connectivity index (χ3v) is 0. The van der Waals surface area contributed by atoms with E-state index in [0.717, 1.165) is 0 Å². The quantitative estimate of drug-likeness (QED) is 0.288. The maximum Gasteiger partial charge on any atom is 1.00 e. The van der Waals surface area contributed by atoms with Gasteiger partial charge < -0.3 is 15.3 Å².